The Bertz CT molecular complexity index is 808. The number of hydrogen-bond acceptors (Lipinski definition) is 1. The van der Waals surface area contributed by atoms with Crippen LogP contribution in [-0.4, -0.2) is 5.11 Å². The highest BCUT2D eigenvalue weighted by Gasteiger charge is 2.14. The second-order valence-electron chi connectivity index (χ2n) is 5.47. The highest BCUT2D eigenvalue weighted by Crippen LogP contribution is 2.30. The lowest BCUT2D eigenvalue weighted by atomic mass is 9.94. The molecule has 3 aromatic rings. The summed E-state index contributed by atoms with van der Waals surface area (Å²) >= 11 is 6.13. The van der Waals surface area contributed by atoms with Crippen molar-refractivity contribution in [1.82, 2.24) is 0 Å². The number of rotatable bonds is 2. The summed E-state index contributed by atoms with van der Waals surface area (Å²) in [6.45, 7) is 3.93. The maximum absolute atomic E-state index is 10.7. The first-order chi connectivity index (χ1) is 10.1. The molecule has 0 saturated heterocycles. The van der Waals surface area contributed by atoms with Gasteiger partial charge in [0.1, 0.15) is 6.10 Å². The van der Waals surface area contributed by atoms with Gasteiger partial charge in [-0.3, -0.25) is 0 Å². The molecule has 0 heterocycles. The lowest BCUT2D eigenvalue weighted by molar-refractivity contribution is 0.219. The van der Waals surface area contributed by atoms with E-state index in [0.717, 1.165) is 32.7 Å². The predicted octanol–water partition coefficient (Wildman–Crippen LogP) is 5.19. The Hall–Kier alpha value is -1.83. The predicted molar refractivity (Wildman–Crippen MR) is 88.9 cm³/mol. The van der Waals surface area contributed by atoms with E-state index in [2.05, 4.69) is 12.1 Å². The third kappa shape index (κ3) is 2.67. The standard InChI is InChI=1S/C19H17ClO/c1-12-10-18(20)13(2)9-17(12)19(21)16-8-7-14-5-3-4-6-15(14)11-16/h3-11,19,21H,1-2H3. The maximum atomic E-state index is 10.7. The zero-order chi connectivity index (χ0) is 15.0. The van der Waals surface area contributed by atoms with Crippen LogP contribution in [-0.2, 0) is 0 Å². The zero-order valence-electron chi connectivity index (χ0n) is 12.1. The lowest BCUT2D eigenvalue weighted by Crippen LogP contribution is -2.03. The van der Waals surface area contributed by atoms with Crippen LogP contribution in [0.15, 0.2) is 54.6 Å². The number of aliphatic hydroxyl groups excluding tert-OH is 1. The van der Waals surface area contributed by atoms with Crippen molar-refractivity contribution in [3.8, 4) is 0 Å². The van der Waals surface area contributed by atoms with E-state index in [1.54, 1.807) is 0 Å². The molecule has 106 valence electrons. The molecule has 1 atom stereocenters. The molecule has 0 aromatic heterocycles. The second-order valence-corrected chi connectivity index (χ2v) is 5.87. The van der Waals surface area contributed by atoms with Gasteiger partial charge in [0.25, 0.3) is 0 Å². The number of halogens is 1. The van der Waals surface area contributed by atoms with E-state index in [1.165, 1.54) is 5.39 Å². The molecule has 1 nitrogen and oxygen atoms in total. The van der Waals surface area contributed by atoms with E-state index in [4.69, 9.17) is 11.6 Å². The fourth-order valence-corrected chi connectivity index (χ4v) is 2.87. The van der Waals surface area contributed by atoms with Crippen LogP contribution in [0.5, 0.6) is 0 Å². The van der Waals surface area contributed by atoms with Crippen molar-refractivity contribution in [2.24, 2.45) is 0 Å². The molecule has 0 aliphatic carbocycles. The van der Waals surface area contributed by atoms with E-state index in [9.17, 15) is 5.11 Å². The average molecular weight is 297 g/mol. The van der Waals surface area contributed by atoms with Crippen LogP contribution in [0.25, 0.3) is 10.8 Å². The third-order valence-electron chi connectivity index (χ3n) is 3.93. The molecule has 0 fully saturated rings. The van der Waals surface area contributed by atoms with Crippen LogP contribution in [0.2, 0.25) is 5.02 Å². The molecule has 0 spiro atoms. The Labute approximate surface area is 129 Å². The molecule has 0 bridgehead atoms. The molecule has 21 heavy (non-hydrogen) atoms. The van der Waals surface area contributed by atoms with Crippen molar-refractivity contribution in [1.29, 1.82) is 0 Å². The number of fused-ring (bicyclic) bond motifs is 1. The van der Waals surface area contributed by atoms with Gasteiger partial charge in [-0.05, 0) is 59.0 Å². The Kier molecular flexibility index (Phi) is 3.71. The minimum absolute atomic E-state index is 0.634. The van der Waals surface area contributed by atoms with Gasteiger partial charge < -0.3 is 5.11 Å². The van der Waals surface area contributed by atoms with Gasteiger partial charge in [-0.15, -0.1) is 0 Å². The fourth-order valence-electron chi connectivity index (χ4n) is 2.66. The monoisotopic (exact) mass is 296 g/mol. The topological polar surface area (TPSA) is 20.2 Å². The smallest absolute Gasteiger partial charge is 0.104 e. The van der Waals surface area contributed by atoms with Crippen molar-refractivity contribution in [3.05, 3.63) is 81.9 Å². The first-order valence-electron chi connectivity index (χ1n) is 6.99. The van der Waals surface area contributed by atoms with Gasteiger partial charge in [0.05, 0.1) is 0 Å². The molecule has 2 heteroatoms. The molecule has 0 amide bonds. The van der Waals surface area contributed by atoms with Crippen LogP contribution >= 0.6 is 11.6 Å². The number of benzene rings is 3. The van der Waals surface area contributed by atoms with Gasteiger partial charge in [-0.1, -0.05) is 54.1 Å². The molecule has 1 N–H and O–H groups in total. The average Bonchev–Trinajstić information content (AvgIpc) is 2.50. The lowest BCUT2D eigenvalue weighted by Gasteiger charge is -2.16. The highest BCUT2D eigenvalue weighted by molar-refractivity contribution is 6.31. The third-order valence-corrected chi connectivity index (χ3v) is 4.34. The normalized spacial score (nSPS) is 12.6. The summed E-state index contributed by atoms with van der Waals surface area (Å²) in [5, 5.41) is 13.8. The van der Waals surface area contributed by atoms with Crippen molar-refractivity contribution >= 4 is 22.4 Å². The van der Waals surface area contributed by atoms with E-state index in [-0.39, 0.29) is 0 Å². The van der Waals surface area contributed by atoms with Crippen LogP contribution in [0.1, 0.15) is 28.4 Å². The summed E-state index contributed by atoms with van der Waals surface area (Å²) in [5.74, 6) is 0. The molecule has 3 aromatic carbocycles. The zero-order valence-corrected chi connectivity index (χ0v) is 12.9. The first kappa shape index (κ1) is 14.1. The molecule has 0 aliphatic heterocycles. The van der Waals surface area contributed by atoms with Gasteiger partial charge in [-0.2, -0.15) is 0 Å². The van der Waals surface area contributed by atoms with E-state index in [1.807, 2.05) is 56.3 Å². The molecule has 1 unspecified atom stereocenters. The summed E-state index contributed by atoms with van der Waals surface area (Å²) in [5.41, 5.74) is 3.80. The summed E-state index contributed by atoms with van der Waals surface area (Å²) in [6, 6.07) is 18.1. The number of aryl methyl sites for hydroxylation is 2. The van der Waals surface area contributed by atoms with Gasteiger partial charge in [0.15, 0.2) is 0 Å². The van der Waals surface area contributed by atoms with E-state index < -0.39 is 6.10 Å². The van der Waals surface area contributed by atoms with Crippen LogP contribution < -0.4 is 0 Å². The Morgan fingerprint density at radius 2 is 1.57 bits per heavy atom. The quantitative estimate of drug-likeness (QED) is 0.690. The minimum atomic E-state index is -0.634. The molecule has 0 radical (unpaired) electrons. The van der Waals surface area contributed by atoms with E-state index in [0.29, 0.717) is 0 Å². The largest absolute Gasteiger partial charge is 0.384 e. The Morgan fingerprint density at radius 1 is 0.857 bits per heavy atom. The Balaban J connectivity index is 2.07. The van der Waals surface area contributed by atoms with Gasteiger partial charge in [-0.25, -0.2) is 0 Å². The van der Waals surface area contributed by atoms with E-state index >= 15 is 0 Å². The molecular formula is C19H17ClO. The van der Waals surface area contributed by atoms with Crippen molar-refractivity contribution in [2.45, 2.75) is 20.0 Å². The molecule has 0 saturated carbocycles. The molecule has 0 aliphatic rings. The van der Waals surface area contributed by atoms with Crippen molar-refractivity contribution in [3.63, 3.8) is 0 Å². The number of hydrogen-bond donors (Lipinski definition) is 1. The Morgan fingerprint density at radius 3 is 2.33 bits per heavy atom. The van der Waals surface area contributed by atoms with Crippen LogP contribution in [0.4, 0.5) is 0 Å². The SMILES string of the molecule is Cc1cc(C(O)c2ccc3ccccc3c2)c(C)cc1Cl. The van der Waals surface area contributed by atoms with Gasteiger partial charge in [0, 0.05) is 5.02 Å². The first-order valence-corrected chi connectivity index (χ1v) is 7.37. The highest BCUT2D eigenvalue weighted by atomic mass is 35.5. The fraction of sp³-hybridized carbons (Fsp3) is 0.158. The van der Waals surface area contributed by atoms with Gasteiger partial charge >= 0.3 is 0 Å². The summed E-state index contributed by atoms with van der Waals surface area (Å²) in [7, 11) is 0. The van der Waals surface area contributed by atoms with Crippen LogP contribution in [0, 0.1) is 13.8 Å². The van der Waals surface area contributed by atoms with Crippen LogP contribution in [0.3, 0.4) is 0 Å². The van der Waals surface area contributed by atoms with Gasteiger partial charge in [0.2, 0.25) is 0 Å². The molecular weight excluding hydrogens is 280 g/mol. The van der Waals surface area contributed by atoms with Crippen molar-refractivity contribution < 1.29 is 5.11 Å². The molecule has 3 rings (SSSR count). The van der Waals surface area contributed by atoms with Crippen molar-refractivity contribution in [2.75, 3.05) is 0 Å². The minimum Gasteiger partial charge on any atom is -0.384 e. The maximum Gasteiger partial charge on any atom is 0.104 e. The summed E-state index contributed by atoms with van der Waals surface area (Å²) in [6.07, 6.45) is -0.634. The summed E-state index contributed by atoms with van der Waals surface area (Å²) < 4.78 is 0. The second kappa shape index (κ2) is 5.51. The summed E-state index contributed by atoms with van der Waals surface area (Å²) in [4.78, 5) is 0. The number of aliphatic hydroxyl groups is 1.